The van der Waals surface area contributed by atoms with Gasteiger partial charge >= 0.3 is 6.09 Å². The van der Waals surface area contributed by atoms with Crippen LogP contribution in [-0.4, -0.2) is 15.8 Å². The summed E-state index contributed by atoms with van der Waals surface area (Å²) in [5, 5.41) is 8.98. The number of nitrogens with two attached hydrogens (primary N) is 1. The number of hydrogen-bond acceptors (Lipinski definition) is 2. The third-order valence-electron chi connectivity index (χ3n) is 2.17. The van der Waals surface area contributed by atoms with Crippen LogP contribution < -0.4 is 5.73 Å². The summed E-state index contributed by atoms with van der Waals surface area (Å²) in [6.45, 7) is 0. The molecule has 0 unspecified atom stereocenters. The van der Waals surface area contributed by atoms with Gasteiger partial charge in [0.1, 0.15) is 5.82 Å². The van der Waals surface area contributed by atoms with Crippen molar-refractivity contribution in [3.8, 4) is 11.3 Å². The molecule has 2 aromatic rings. The predicted molar refractivity (Wildman–Crippen MR) is 57.7 cm³/mol. The van der Waals surface area contributed by atoms with Crippen molar-refractivity contribution in [2.45, 2.75) is 0 Å². The molecule has 1 aromatic heterocycles. The van der Waals surface area contributed by atoms with Crippen LogP contribution in [0.4, 0.5) is 10.6 Å². The van der Waals surface area contributed by atoms with Crippen LogP contribution in [0, 0.1) is 0 Å². The number of anilines is 1. The quantitative estimate of drug-likeness (QED) is 0.745. The lowest BCUT2D eigenvalue weighted by atomic mass is 10.1. The fourth-order valence-electron chi connectivity index (χ4n) is 1.50. The molecule has 0 atom stereocenters. The highest BCUT2D eigenvalue weighted by molar-refractivity contribution is 5.81. The molecule has 4 nitrogen and oxygen atoms in total. The van der Waals surface area contributed by atoms with E-state index in [9.17, 15) is 4.79 Å². The fraction of sp³-hybridized carbons (Fsp3) is 0. The Kier molecular flexibility index (Phi) is 2.17. The van der Waals surface area contributed by atoms with Gasteiger partial charge in [0.15, 0.2) is 0 Å². The van der Waals surface area contributed by atoms with Gasteiger partial charge in [-0.05, 0) is 17.7 Å². The van der Waals surface area contributed by atoms with Gasteiger partial charge in [0.25, 0.3) is 0 Å². The summed E-state index contributed by atoms with van der Waals surface area (Å²) >= 11 is 0. The van der Waals surface area contributed by atoms with E-state index in [-0.39, 0.29) is 5.82 Å². The maximum absolute atomic E-state index is 11.0. The zero-order valence-electron chi connectivity index (χ0n) is 7.92. The second-order valence-corrected chi connectivity index (χ2v) is 3.13. The van der Waals surface area contributed by atoms with E-state index in [1.165, 1.54) is 0 Å². The van der Waals surface area contributed by atoms with Crippen LogP contribution in [-0.2, 0) is 0 Å². The Balaban J connectivity index is 2.59. The third kappa shape index (κ3) is 1.57. The fourth-order valence-corrected chi connectivity index (χ4v) is 1.50. The van der Waals surface area contributed by atoms with Gasteiger partial charge in [-0.25, -0.2) is 9.36 Å². The van der Waals surface area contributed by atoms with Crippen molar-refractivity contribution < 1.29 is 9.90 Å². The molecule has 0 spiro atoms. The second-order valence-electron chi connectivity index (χ2n) is 3.13. The molecule has 0 saturated heterocycles. The van der Waals surface area contributed by atoms with Crippen molar-refractivity contribution in [2.24, 2.45) is 0 Å². The first-order chi connectivity index (χ1) is 7.20. The average molecular weight is 202 g/mol. The molecular formula is C11H10N2O2. The van der Waals surface area contributed by atoms with Crippen LogP contribution in [0.3, 0.4) is 0 Å². The van der Waals surface area contributed by atoms with Crippen molar-refractivity contribution in [1.29, 1.82) is 0 Å². The van der Waals surface area contributed by atoms with E-state index in [0.717, 1.165) is 10.1 Å². The minimum atomic E-state index is -1.07. The molecule has 1 heterocycles. The first-order valence-corrected chi connectivity index (χ1v) is 4.46. The van der Waals surface area contributed by atoms with Gasteiger partial charge in [-0.3, -0.25) is 0 Å². The van der Waals surface area contributed by atoms with E-state index < -0.39 is 6.09 Å². The topological polar surface area (TPSA) is 68.2 Å². The molecule has 3 N–H and O–H groups in total. The molecule has 15 heavy (non-hydrogen) atoms. The average Bonchev–Trinajstić information content (AvgIpc) is 2.61. The van der Waals surface area contributed by atoms with E-state index in [1.807, 2.05) is 30.3 Å². The number of carboxylic acid groups (broad SMARTS) is 1. The van der Waals surface area contributed by atoms with Crippen molar-refractivity contribution in [3.05, 3.63) is 42.5 Å². The van der Waals surface area contributed by atoms with E-state index >= 15 is 0 Å². The van der Waals surface area contributed by atoms with E-state index in [0.29, 0.717) is 5.69 Å². The SMILES string of the molecule is Nc1ccc(-c2ccccc2)n1C(=O)O. The summed E-state index contributed by atoms with van der Waals surface area (Å²) in [4.78, 5) is 11.0. The second kappa shape index (κ2) is 3.49. The first-order valence-electron chi connectivity index (χ1n) is 4.46. The first kappa shape index (κ1) is 9.33. The lowest BCUT2D eigenvalue weighted by Gasteiger charge is -2.05. The number of rotatable bonds is 1. The summed E-state index contributed by atoms with van der Waals surface area (Å²) in [6, 6.07) is 12.5. The van der Waals surface area contributed by atoms with Gasteiger partial charge in [-0.15, -0.1) is 0 Å². The van der Waals surface area contributed by atoms with Gasteiger partial charge in [-0.1, -0.05) is 30.3 Å². The maximum atomic E-state index is 11.0. The third-order valence-corrected chi connectivity index (χ3v) is 2.17. The van der Waals surface area contributed by atoms with Crippen LogP contribution >= 0.6 is 0 Å². The summed E-state index contributed by atoms with van der Waals surface area (Å²) in [7, 11) is 0. The van der Waals surface area contributed by atoms with Crippen LogP contribution in [0.15, 0.2) is 42.5 Å². The van der Waals surface area contributed by atoms with E-state index in [2.05, 4.69) is 0 Å². The van der Waals surface area contributed by atoms with Gasteiger partial charge in [0.05, 0.1) is 5.69 Å². The van der Waals surface area contributed by atoms with Crippen LogP contribution in [0.5, 0.6) is 0 Å². The van der Waals surface area contributed by atoms with Crippen molar-refractivity contribution >= 4 is 11.9 Å². The highest BCUT2D eigenvalue weighted by Gasteiger charge is 2.12. The summed E-state index contributed by atoms with van der Waals surface area (Å²) in [5.41, 5.74) is 6.98. The molecule has 2 rings (SSSR count). The molecule has 4 heteroatoms. The zero-order chi connectivity index (χ0) is 10.8. The Morgan fingerprint density at radius 3 is 2.40 bits per heavy atom. The molecule has 1 aromatic carbocycles. The molecule has 0 saturated carbocycles. The summed E-state index contributed by atoms with van der Waals surface area (Å²) in [5.74, 6) is 0.223. The molecule has 0 fully saturated rings. The maximum Gasteiger partial charge on any atom is 0.417 e. The minimum absolute atomic E-state index is 0.223. The molecule has 0 radical (unpaired) electrons. The van der Waals surface area contributed by atoms with Gasteiger partial charge in [0, 0.05) is 0 Å². The standard InChI is InChI=1S/C11H10N2O2/c12-10-7-6-9(13(10)11(14)15)8-4-2-1-3-5-8/h1-7H,12H2,(H,14,15). The number of hydrogen-bond donors (Lipinski definition) is 2. The monoisotopic (exact) mass is 202 g/mol. The highest BCUT2D eigenvalue weighted by Crippen LogP contribution is 2.23. The largest absolute Gasteiger partial charge is 0.464 e. The predicted octanol–water partition coefficient (Wildman–Crippen LogP) is 2.26. The van der Waals surface area contributed by atoms with Gasteiger partial charge in [0.2, 0.25) is 0 Å². The molecule has 0 bridgehead atoms. The number of aromatic nitrogens is 1. The van der Waals surface area contributed by atoms with Crippen LogP contribution in [0.1, 0.15) is 0 Å². The molecule has 76 valence electrons. The molecule has 0 aliphatic carbocycles. The summed E-state index contributed by atoms with van der Waals surface area (Å²) in [6.07, 6.45) is -1.07. The Labute approximate surface area is 86.6 Å². The van der Waals surface area contributed by atoms with E-state index in [4.69, 9.17) is 10.8 Å². The molecular weight excluding hydrogens is 192 g/mol. The lowest BCUT2D eigenvalue weighted by Crippen LogP contribution is -2.12. The Morgan fingerprint density at radius 1 is 1.13 bits per heavy atom. The Hall–Kier alpha value is -2.23. The smallest absolute Gasteiger partial charge is 0.417 e. The lowest BCUT2D eigenvalue weighted by molar-refractivity contribution is 0.197. The number of benzene rings is 1. The van der Waals surface area contributed by atoms with Crippen molar-refractivity contribution in [3.63, 3.8) is 0 Å². The van der Waals surface area contributed by atoms with E-state index in [1.54, 1.807) is 12.1 Å². The van der Waals surface area contributed by atoms with Crippen molar-refractivity contribution in [1.82, 2.24) is 4.57 Å². The normalized spacial score (nSPS) is 10.1. The number of nitrogens with zero attached hydrogens (tertiary/aromatic N) is 1. The molecule has 0 aliphatic rings. The Bertz CT molecular complexity index is 489. The number of nitrogen functional groups attached to an aromatic ring is 1. The zero-order valence-corrected chi connectivity index (χ0v) is 7.92. The highest BCUT2D eigenvalue weighted by atomic mass is 16.4. The minimum Gasteiger partial charge on any atom is -0.464 e. The van der Waals surface area contributed by atoms with Gasteiger partial charge < -0.3 is 10.8 Å². The Morgan fingerprint density at radius 2 is 1.80 bits per heavy atom. The summed E-state index contributed by atoms with van der Waals surface area (Å²) < 4.78 is 1.06. The van der Waals surface area contributed by atoms with Crippen molar-refractivity contribution in [2.75, 3.05) is 5.73 Å². The molecule has 0 aliphatic heterocycles. The molecule has 0 amide bonds. The van der Waals surface area contributed by atoms with Crippen LogP contribution in [0.25, 0.3) is 11.3 Å². The number of carbonyl (C=O) groups is 1. The van der Waals surface area contributed by atoms with Gasteiger partial charge in [-0.2, -0.15) is 0 Å². The van der Waals surface area contributed by atoms with Crippen LogP contribution in [0.2, 0.25) is 0 Å².